The van der Waals surface area contributed by atoms with Crippen LogP contribution >= 0.6 is 11.6 Å². The predicted octanol–water partition coefficient (Wildman–Crippen LogP) is 4.59. The molecule has 0 atom stereocenters. The lowest BCUT2D eigenvalue weighted by Gasteiger charge is -2.38. The van der Waals surface area contributed by atoms with Crippen LogP contribution in [0.1, 0.15) is 30.7 Å². The molecule has 0 bridgehead atoms. The Morgan fingerprint density at radius 1 is 0.969 bits per heavy atom. The van der Waals surface area contributed by atoms with Crippen LogP contribution in [0.25, 0.3) is 11.4 Å². The molecule has 0 spiro atoms. The highest BCUT2D eigenvalue weighted by atomic mass is 35.5. The number of halogens is 1. The van der Waals surface area contributed by atoms with E-state index in [4.69, 9.17) is 21.6 Å². The van der Waals surface area contributed by atoms with Crippen LogP contribution in [0.3, 0.4) is 0 Å². The number of aryl methyl sites for hydroxylation is 1. The Bertz CT molecular complexity index is 1060. The summed E-state index contributed by atoms with van der Waals surface area (Å²) in [5.41, 5.74) is 3.62. The Morgan fingerprint density at radius 3 is 2.34 bits per heavy atom. The Balaban J connectivity index is 1.67. The number of nitrogens with zero attached hydrogens (tertiary/aromatic N) is 4. The van der Waals surface area contributed by atoms with E-state index >= 15 is 0 Å². The normalized spacial score (nSPS) is 15.2. The van der Waals surface area contributed by atoms with Crippen LogP contribution < -0.4 is 4.90 Å². The van der Waals surface area contributed by atoms with E-state index in [2.05, 4.69) is 34.9 Å². The summed E-state index contributed by atoms with van der Waals surface area (Å²) < 4.78 is 0. The average Bonchev–Trinajstić information content (AvgIpc) is 2.75. The van der Waals surface area contributed by atoms with Crippen LogP contribution in [0.5, 0.6) is 0 Å². The van der Waals surface area contributed by atoms with Crippen LogP contribution in [0.4, 0.5) is 5.82 Å². The zero-order valence-corrected chi connectivity index (χ0v) is 19.8. The molecule has 0 unspecified atom stereocenters. The standard InChI is InChI=1S/C26H31ClN4O/c1-19-23(17-20-8-7-11-22(27)16-20)25(29-24(28-19)21-9-5-4-6-10-21)31-14-12-30(13-15-31)18-26(2,3)32/h4-11,16,32H,12-15,17-18H2,1-3H3. The molecule has 168 valence electrons. The van der Waals surface area contributed by atoms with E-state index in [9.17, 15) is 5.11 Å². The summed E-state index contributed by atoms with van der Waals surface area (Å²) in [6.07, 6.45) is 0.737. The maximum absolute atomic E-state index is 10.2. The SMILES string of the molecule is Cc1nc(-c2ccccc2)nc(N2CCN(CC(C)(C)O)CC2)c1Cc1cccc(Cl)c1. The van der Waals surface area contributed by atoms with Crippen molar-refractivity contribution in [2.45, 2.75) is 32.8 Å². The van der Waals surface area contributed by atoms with Crippen molar-refractivity contribution < 1.29 is 5.11 Å². The predicted molar refractivity (Wildman–Crippen MR) is 131 cm³/mol. The number of hydrogen-bond acceptors (Lipinski definition) is 5. The van der Waals surface area contributed by atoms with Gasteiger partial charge in [0.15, 0.2) is 5.82 Å². The molecule has 0 aliphatic carbocycles. The second-order valence-electron chi connectivity index (χ2n) is 9.18. The number of benzene rings is 2. The lowest BCUT2D eigenvalue weighted by molar-refractivity contribution is 0.0344. The van der Waals surface area contributed by atoms with E-state index in [0.29, 0.717) is 6.54 Å². The Labute approximate surface area is 195 Å². The molecule has 2 heterocycles. The average molecular weight is 451 g/mol. The molecule has 1 N–H and O–H groups in total. The summed E-state index contributed by atoms with van der Waals surface area (Å²) in [7, 11) is 0. The van der Waals surface area contributed by atoms with E-state index in [-0.39, 0.29) is 0 Å². The molecule has 1 aliphatic heterocycles. The molecule has 1 aliphatic rings. The maximum atomic E-state index is 10.2. The van der Waals surface area contributed by atoms with Crippen LogP contribution in [0.2, 0.25) is 5.02 Å². The van der Waals surface area contributed by atoms with Gasteiger partial charge in [0.05, 0.1) is 5.60 Å². The van der Waals surface area contributed by atoms with Crippen molar-refractivity contribution in [1.82, 2.24) is 14.9 Å². The minimum absolute atomic E-state index is 0.675. The highest BCUT2D eigenvalue weighted by Gasteiger charge is 2.26. The lowest BCUT2D eigenvalue weighted by Crippen LogP contribution is -2.51. The van der Waals surface area contributed by atoms with Crippen molar-refractivity contribution in [3.63, 3.8) is 0 Å². The molecule has 1 aromatic heterocycles. The summed E-state index contributed by atoms with van der Waals surface area (Å²) in [4.78, 5) is 14.6. The molecule has 2 aromatic carbocycles. The van der Waals surface area contributed by atoms with Crippen LogP contribution in [0, 0.1) is 6.92 Å². The van der Waals surface area contributed by atoms with Crippen molar-refractivity contribution >= 4 is 17.4 Å². The third-order valence-electron chi connectivity index (χ3n) is 5.78. The van der Waals surface area contributed by atoms with Gasteiger partial charge >= 0.3 is 0 Å². The molecular weight excluding hydrogens is 420 g/mol. The first-order valence-electron chi connectivity index (χ1n) is 11.2. The quantitative estimate of drug-likeness (QED) is 0.595. The number of hydrogen-bond donors (Lipinski definition) is 1. The summed E-state index contributed by atoms with van der Waals surface area (Å²) in [6, 6.07) is 18.1. The number of β-amino-alcohol motifs (C(OH)–C–C–N with tert-alkyl or cyclic N) is 1. The summed E-state index contributed by atoms with van der Waals surface area (Å²) in [5, 5.41) is 10.9. The Hall–Kier alpha value is -2.47. The number of aliphatic hydroxyl groups is 1. The van der Waals surface area contributed by atoms with E-state index in [1.807, 2.05) is 50.2 Å². The number of anilines is 1. The van der Waals surface area contributed by atoms with Gasteiger partial charge in [0.25, 0.3) is 0 Å². The van der Waals surface area contributed by atoms with Crippen molar-refractivity contribution in [3.05, 3.63) is 76.4 Å². The first-order valence-corrected chi connectivity index (χ1v) is 11.5. The van der Waals surface area contributed by atoms with Crippen molar-refractivity contribution in [2.24, 2.45) is 0 Å². The van der Waals surface area contributed by atoms with Crippen molar-refractivity contribution in [3.8, 4) is 11.4 Å². The fraction of sp³-hybridized carbons (Fsp3) is 0.385. The molecule has 0 radical (unpaired) electrons. The van der Waals surface area contributed by atoms with Crippen LogP contribution in [-0.4, -0.2) is 58.3 Å². The third-order valence-corrected chi connectivity index (χ3v) is 6.01. The second-order valence-corrected chi connectivity index (χ2v) is 9.62. The molecule has 5 nitrogen and oxygen atoms in total. The monoisotopic (exact) mass is 450 g/mol. The molecule has 6 heteroatoms. The van der Waals surface area contributed by atoms with Crippen molar-refractivity contribution in [2.75, 3.05) is 37.6 Å². The molecule has 4 rings (SSSR count). The largest absolute Gasteiger partial charge is 0.389 e. The van der Waals surface area contributed by atoms with Crippen LogP contribution in [-0.2, 0) is 6.42 Å². The number of aromatic nitrogens is 2. The molecule has 1 saturated heterocycles. The van der Waals surface area contributed by atoms with Gasteiger partial charge in [-0.25, -0.2) is 9.97 Å². The Kier molecular flexibility index (Phi) is 6.79. The first kappa shape index (κ1) is 22.7. The van der Waals surface area contributed by atoms with Gasteiger partial charge < -0.3 is 10.0 Å². The third kappa shape index (κ3) is 5.66. The summed E-state index contributed by atoms with van der Waals surface area (Å²) in [6.45, 7) is 9.99. The highest BCUT2D eigenvalue weighted by molar-refractivity contribution is 6.30. The van der Waals surface area contributed by atoms with E-state index in [1.54, 1.807) is 0 Å². The minimum Gasteiger partial charge on any atom is -0.389 e. The van der Waals surface area contributed by atoms with Gasteiger partial charge in [0.1, 0.15) is 5.82 Å². The lowest BCUT2D eigenvalue weighted by atomic mass is 10.0. The number of piperazine rings is 1. The van der Waals surface area contributed by atoms with Gasteiger partial charge in [-0.05, 0) is 38.5 Å². The zero-order valence-electron chi connectivity index (χ0n) is 19.1. The van der Waals surface area contributed by atoms with Gasteiger partial charge in [-0.1, -0.05) is 54.1 Å². The van der Waals surface area contributed by atoms with Crippen LogP contribution in [0.15, 0.2) is 54.6 Å². The number of rotatable bonds is 6. The molecule has 32 heavy (non-hydrogen) atoms. The molecular formula is C26H31ClN4O. The van der Waals surface area contributed by atoms with Gasteiger partial charge in [-0.3, -0.25) is 4.90 Å². The first-order chi connectivity index (χ1) is 15.3. The molecule has 3 aromatic rings. The maximum Gasteiger partial charge on any atom is 0.161 e. The molecule has 1 fully saturated rings. The highest BCUT2D eigenvalue weighted by Crippen LogP contribution is 2.29. The summed E-state index contributed by atoms with van der Waals surface area (Å²) in [5.74, 6) is 1.76. The van der Waals surface area contributed by atoms with E-state index in [1.165, 1.54) is 0 Å². The second kappa shape index (κ2) is 9.57. The topological polar surface area (TPSA) is 52.5 Å². The van der Waals surface area contributed by atoms with Gasteiger partial charge in [0.2, 0.25) is 0 Å². The fourth-order valence-corrected chi connectivity index (χ4v) is 4.49. The summed E-state index contributed by atoms with van der Waals surface area (Å²) >= 11 is 6.25. The fourth-order valence-electron chi connectivity index (χ4n) is 4.28. The van der Waals surface area contributed by atoms with Gasteiger partial charge in [0, 0.05) is 61.0 Å². The Morgan fingerprint density at radius 2 is 1.69 bits per heavy atom. The molecule has 0 amide bonds. The zero-order chi connectivity index (χ0) is 22.7. The minimum atomic E-state index is -0.689. The van der Waals surface area contributed by atoms with E-state index < -0.39 is 5.60 Å². The van der Waals surface area contributed by atoms with Gasteiger partial charge in [-0.15, -0.1) is 0 Å². The molecule has 0 saturated carbocycles. The van der Waals surface area contributed by atoms with E-state index in [0.717, 1.165) is 71.6 Å². The van der Waals surface area contributed by atoms with Gasteiger partial charge in [-0.2, -0.15) is 0 Å². The van der Waals surface area contributed by atoms with Crippen molar-refractivity contribution in [1.29, 1.82) is 0 Å². The smallest absolute Gasteiger partial charge is 0.161 e.